The second-order valence-corrected chi connectivity index (χ2v) is 5.25. The molecule has 0 radical (unpaired) electrons. The number of hydrogen-bond acceptors (Lipinski definition) is 4. The first kappa shape index (κ1) is 14.8. The molecular weight excluding hydrogens is 254 g/mol. The summed E-state index contributed by atoms with van der Waals surface area (Å²) >= 11 is 0. The fraction of sp³-hybridized carbons (Fsp3) is 0.600. The van der Waals surface area contributed by atoms with Gasteiger partial charge in [-0.15, -0.1) is 0 Å². The minimum atomic E-state index is -0.0152. The third-order valence-electron chi connectivity index (χ3n) is 3.86. The van der Waals surface area contributed by atoms with Crippen molar-refractivity contribution in [1.82, 2.24) is 9.88 Å². The molecule has 5 heteroatoms. The van der Waals surface area contributed by atoms with E-state index in [1.165, 1.54) is 12.8 Å². The molecule has 2 rings (SSSR count). The first-order valence-corrected chi connectivity index (χ1v) is 7.11. The zero-order valence-electron chi connectivity index (χ0n) is 12.4. The van der Waals surface area contributed by atoms with Gasteiger partial charge >= 0.3 is 0 Å². The second kappa shape index (κ2) is 6.70. The van der Waals surface area contributed by atoms with Crippen molar-refractivity contribution in [2.24, 2.45) is 5.92 Å². The number of rotatable bonds is 7. The lowest BCUT2D eigenvalue weighted by Crippen LogP contribution is -2.42. The number of nitrogens with one attached hydrogen (secondary N) is 1. The Morgan fingerprint density at radius 1 is 1.60 bits per heavy atom. The van der Waals surface area contributed by atoms with E-state index in [0.717, 1.165) is 5.69 Å². The fourth-order valence-electron chi connectivity index (χ4n) is 2.36. The molecule has 1 aromatic heterocycles. The van der Waals surface area contributed by atoms with Gasteiger partial charge in [-0.2, -0.15) is 0 Å². The minimum absolute atomic E-state index is 0.0152. The molecule has 1 amide bonds. The van der Waals surface area contributed by atoms with Gasteiger partial charge < -0.3 is 15.0 Å². The lowest BCUT2D eigenvalue weighted by Gasteiger charge is -2.29. The van der Waals surface area contributed by atoms with Crippen LogP contribution in [-0.2, 0) is 4.74 Å². The molecule has 1 N–H and O–H groups in total. The number of carbonyl (C=O) groups is 1. The predicted molar refractivity (Wildman–Crippen MR) is 78.9 cm³/mol. The zero-order chi connectivity index (χ0) is 14.5. The summed E-state index contributed by atoms with van der Waals surface area (Å²) in [4.78, 5) is 18.8. The summed E-state index contributed by atoms with van der Waals surface area (Å²) in [5.74, 6) is 0.613. The number of nitrogens with zero attached hydrogens (tertiary/aromatic N) is 2. The van der Waals surface area contributed by atoms with Crippen LogP contribution in [0.5, 0.6) is 0 Å². The van der Waals surface area contributed by atoms with Crippen LogP contribution in [0, 0.1) is 5.92 Å². The summed E-state index contributed by atoms with van der Waals surface area (Å²) in [6, 6.07) is 3.89. The number of pyridine rings is 1. The molecule has 0 aromatic carbocycles. The normalized spacial score (nSPS) is 15.8. The molecule has 1 atom stereocenters. The number of anilines is 1. The van der Waals surface area contributed by atoms with Crippen LogP contribution in [0.4, 0.5) is 5.69 Å². The number of aromatic nitrogens is 1. The molecule has 1 fully saturated rings. The molecule has 0 spiro atoms. The lowest BCUT2D eigenvalue weighted by atomic mass is 10.1. The van der Waals surface area contributed by atoms with Gasteiger partial charge in [0.25, 0.3) is 5.91 Å². The third kappa shape index (κ3) is 3.48. The Labute approximate surface area is 120 Å². The van der Waals surface area contributed by atoms with Crippen molar-refractivity contribution in [3.63, 3.8) is 0 Å². The van der Waals surface area contributed by atoms with Gasteiger partial charge in [0, 0.05) is 38.6 Å². The van der Waals surface area contributed by atoms with E-state index in [0.29, 0.717) is 24.8 Å². The summed E-state index contributed by atoms with van der Waals surface area (Å²) < 4.78 is 5.13. The van der Waals surface area contributed by atoms with Gasteiger partial charge in [-0.3, -0.25) is 9.78 Å². The molecule has 5 nitrogen and oxygen atoms in total. The van der Waals surface area contributed by atoms with Gasteiger partial charge in [-0.25, -0.2) is 0 Å². The van der Waals surface area contributed by atoms with Crippen molar-refractivity contribution in [1.29, 1.82) is 0 Å². The Morgan fingerprint density at radius 2 is 2.35 bits per heavy atom. The number of carbonyl (C=O) groups excluding carboxylic acids is 1. The second-order valence-electron chi connectivity index (χ2n) is 5.25. The molecule has 20 heavy (non-hydrogen) atoms. The van der Waals surface area contributed by atoms with Crippen molar-refractivity contribution in [2.45, 2.75) is 25.8 Å². The summed E-state index contributed by atoms with van der Waals surface area (Å²) in [5.41, 5.74) is 1.38. The van der Waals surface area contributed by atoms with Crippen molar-refractivity contribution in [3.05, 3.63) is 24.0 Å². The maximum atomic E-state index is 12.7. The van der Waals surface area contributed by atoms with Crippen molar-refractivity contribution >= 4 is 11.6 Å². The molecule has 110 valence electrons. The van der Waals surface area contributed by atoms with Crippen molar-refractivity contribution in [2.75, 3.05) is 32.6 Å². The molecule has 1 heterocycles. The zero-order valence-corrected chi connectivity index (χ0v) is 12.4. The molecule has 1 aliphatic rings. The van der Waals surface area contributed by atoms with Crippen LogP contribution in [0.3, 0.4) is 0 Å². The average Bonchev–Trinajstić information content (AvgIpc) is 3.32. The Bertz CT molecular complexity index is 460. The topological polar surface area (TPSA) is 54.5 Å². The smallest absolute Gasteiger partial charge is 0.272 e. The van der Waals surface area contributed by atoms with E-state index in [4.69, 9.17) is 4.74 Å². The van der Waals surface area contributed by atoms with E-state index < -0.39 is 0 Å². The Hall–Kier alpha value is -1.62. The highest BCUT2D eigenvalue weighted by Gasteiger charge is 2.34. The summed E-state index contributed by atoms with van der Waals surface area (Å²) in [7, 11) is 3.49. The van der Waals surface area contributed by atoms with Crippen molar-refractivity contribution < 1.29 is 9.53 Å². The minimum Gasteiger partial charge on any atom is -0.388 e. The molecule has 1 aromatic rings. The standard InChI is InChI=1S/C15H23N3O2/c1-11(12-4-5-12)18(8-9-20-3)15(19)14-10-13(16-2)6-7-17-14/h6-7,10-12H,4-5,8-9H2,1-3H3,(H,16,17). The van der Waals surface area contributed by atoms with E-state index in [9.17, 15) is 4.79 Å². The van der Waals surface area contributed by atoms with E-state index >= 15 is 0 Å². The molecule has 0 saturated heterocycles. The van der Waals surface area contributed by atoms with E-state index in [-0.39, 0.29) is 11.9 Å². The first-order valence-electron chi connectivity index (χ1n) is 7.11. The van der Waals surface area contributed by atoms with Crippen LogP contribution >= 0.6 is 0 Å². The van der Waals surface area contributed by atoms with Crippen LogP contribution < -0.4 is 5.32 Å². The van der Waals surface area contributed by atoms with Crippen molar-refractivity contribution in [3.8, 4) is 0 Å². The monoisotopic (exact) mass is 277 g/mol. The SMILES string of the molecule is CNc1ccnc(C(=O)N(CCOC)C(C)C2CC2)c1. The highest BCUT2D eigenvalue weighted by atomic mass is 16.5. The van der Waals surface area contributed by atoms with Crippen LogP contribution in [0.2, 0.25) is 0 Å². The third-order valence-corrected chi connectivity index (χ3v) is 3.86. The Kier molecular flexibility index (Phi) is 4.95. The van der Waals surface area contributed by atoms with Gasteiger partial charge in [0.15, 0.2) is 0 Å². The van der Waals surface area contributed by atoms with Crippen LogP contribution in [0.15, 0.2) is 18.3 Å². The number of hydrogen-bond donors (Lipinski definition) is 1. The highest BCUT2D eigenvalue weighted by molar-refractivity contribution is 5.93. The quantitative estimate of drug-likeness (QED) is 0.828. The summed E-state index contributed by atoms with van der Waals surface area (Å²) in [6.07, 6.45) is 4.08. The van der Waals surface area contributed by atoms with Crippen LogP contribution in [0.25, 0.3) is 0 Å². The van der Waals surface area contributed by atoms with E-state index in [1.807, 2.05) is 18.0 Å². The number of methoxy groups -OCH3 is 1. The molecular formula is C15H23N3O2. The molecule has 1 saturated carbocycles. The maximum Gasteiger partial charge on any atom is 0.272 e. The Morgan fingerprint density at radius 3 is 2.95 bits per heavy atom. The van der Waals surface area contributed by atoms with Crippen LogP contribution in [0.1, 0.15) is 30.3 Å². The molecule has 0 bridgehead atoms. The van der Waals surface area contributed by atoms with Gasteiger partial charge in [0.1, 0.15) is 5.69 Å². The number of ether oxygens (including phenoxy) is 1. The highest BCUT2D eigenvalue weighted by Crippen LogP contribution is 2.35. The van der Waals surface area contributed by atoms with Gasteiger partial charge in [0.05, 0.1) is 6.61 Å². The van der Waals surface area contributed by atoms with Gasteiger partial charge in [-0.05, 0) is 37.8 Å². The van der Waals surface area contributed by atoms with E-state index in [1.54, 1.807) is 19.4 Å². The van der Waals surface area contributed by atoms with Gasteiger partial charge in [0.2, 0.25) is 0 Å². The fourth-order valence-corrected chi connectivity index (χ4v) is 2.36. The Balaban J connectivity index is 2.15. The maximum absolute atomic E-state index is 12.7. The molecule has 1 aliphatic carbocycles. The first-order chi connectivity index (χ1) is 9.67. The number of amides is 1. The summed E-state index contributed by atoms with van der Waals surface area (Å²) in [5, 5.41) is 3.03. The molecule has 1 unspecified atom stereocenters. The van der Waals surface area contributed by atoms with Gasteiger partial charge in [-0.1, -0.05) is 0 Å². The average molecular weight is 277 g/mol. The lowest BCUT2D eigenvalue weighted by molar-refractivity contribution is 0.0589. The molecule has 0 aliphatic heterocycles. The predicted octanol–water partition coefficient (Wildman–Crippen LogP) is 2.01. The summed E-state index contributed by atoms with van der Waals surface area (Å²) in [6.45, 7) is 3.28. The van der Waals surface area contributed by atoms with E-state index in [2.05, 4.69) is 17.2 Å². The van der Waals surface area contributed by atoms with Crippen LogP contribution in [-0.4, -0.2) is 49.1 Å². The largest absolute Gasteiger partial charge is 0.388 e.